The molecule has 0 saturated heterocycles. The third-order valence-corrected chi connectivity index (χ3v) is 4.17. The molecule has 3 nitrogen and oxygen atoms in total. The van der Waals surface area contributed by atoms with Gasteiger partial charge in [-0.3, -0.25) is 10.1 Å². The number of anilines is 1. The van der Waals surface area contributed by atoms with Crippen molar-refractivity contribution in [3.63, 3.8) is 0 Å². The number of nitrogens with zero attached hydrogens (tertiary/aromatic N) is 1. The highest BCUT2D eigenvalue weighted by molar-refractivity contribution is 9.10. The van der Waals surface area contributed by atoms with Crippen molar-refractivity contribution in [3.8, 4) is 0 Å². The predicted octanol–water partition coefficient (Wildman–Crippen LogP) is 4.59. The van der Waals surface area contributed by atoms with Crippen molar-refractivity contribution in [1.29, 1.82) is 0 Å². The molecule has 2 rings (SSSR count). The molecule has 0 saturated carbocycles. The average Bonchev–Trinajstić information content (AvgIpc) is 2.80. The molecule has 0 fully saturated rings. The monoisotopic (exact) mass is 338 g/mol. The number of thiazole rings is 1. The van der Waals surface area contributed by atoms with Gasteiger partial charge in [-0.05, 0) is 40.9 Å². The van der Waals surface area contributed by atoms with Crippen LogP contribution < -0.4 is 5.32 Å². The molecule has 1 N–H and O–H groups in total. The highest BCUT2D eigenvalue weighted by Crippen LogP contribution is 2.24. The highest BCUT2D eigenvalue weighted by Gasteiger charge is 2.13. The summed E-state index contributed by atoms with van der Waals surface area (Å²) in [6.45, 7) is 6.12. The Morgan fingerprint density at radius 1 is 1.42 bits per heavy atom. The molecular weight excluding hydrogens is 324 g/mol. The van der Waals surface area contributed by atoms with Gasteiger partial charge in [0.2, 0.25) is 0 Å². The Morgan fingerprint density at radius 2 is 2.16 bits per heavy atom. The van der Waals surface area contributed by atoms with E-state index in [9.17, 15) is 4.79 Å². The lowest BCUT2D eigenvalue weighted by Crippen LogP contribution is -2.12. The van der Waals surface area contributed by atoms with Gasteiger partial charge in [0.05, 0.1) is 11.3 Å². The minimum atomic E-state index is -0.139. The van der Waals surface area contributed by atoms with Crippen LogP contribution in [0.4, 0.5) is 5.13 Å². The molecule has 0 aliphatic carbocycles. The van der Waals surface area contributed by atoms with E-state index in [-0.39, 0.29) is 5.91 Å². The second-order valence-electron chi connectivity index (χ2n) is 4.67. The zero-order valence-corrected chi connectivity index (χ0v) is 13.4. The molecule has 0 unspecified atom stereocenters. The SMILES string of the molecule is Cc1ccc(Br)c(C(=O)Nc2nc(C(C)C)cs2)c1. The minimum absolute atomic E-state index is 0.139. The van der Waals surface area contributed by atoms with Crippen LogP contribution in [0.3, 0.4) is 0 Å². The molecule has 100 valence electrons. The fourth-order valence-corrected chi connectivity index (χ4v) is 2.88. The molecule has 1 aromatic carbocycles. The number of carbonyl (C=O) groups excluding carboxylic acids is 1. The van der Waals surface area contributed by atoms with Crippen LogP contribution in [-0.2, 0) is 0 Å². The van der Waals surface area contributed by atoms with Crippen LogP contribution in [0, 0.1) is 6.92 Å². The molecular formula is C14H15BrN2OS. The van der Waals surface area contributed by atoms with Gasteiger partial charge in [0.25, 0.3) is 5.91 Å². The van der Waals surface area contributed by atoms with Crippen molar-refractivity contribution >= 4 is 38.3 Å². The van der Waals surface area contributed by atoms with Crippen LogP contribution in [0.5, 0.6) is 0 Å². The van der Waals surface area contributed by atoms with Crippen LogP contribution in [0.2, 0.25) is 0 Å². The standard InChI is InChI=1S/C14H15BrN2OS/c1-8(2)12-7-19-14(16-12)17-13(18)10-6-9(3)4-5-11(10)15/h4-8H,1-3H3,(H,16,17,18). The van der Waals surface area contributed by atoms with Gasteiger partial charge < -0.3 is 0 Å². The number of aryl methyl sites for hydroxylation is 1. The van der Waals surface area contributed by atoms with Gasteiger partial charge in [0.15, 0.2) is 5.13 Å². The molecule has 19 heavy (non-hydrogen) atoms. The van der Waals surface area contributed by atoms with Crippen LogP contribution in [0.1, 0.15) is 41.4 Å². The zero-order chi connectivity index (χ0) is 14.0. The van der Waals surface area contributed by atoms with Crippen LogP contribution in [0.15, 0.2) is 28.1 Å². The second kappa shape index (κ2) is 5.84. The molecule has 0 aliphatic rings. The molecule has 0 bridgehead atoms. The maximum absolute atomic E-state index is 12.2. The summed E-state index contributed by atoms with van der Waals surface area (Å²) in [5.74, 6) is 0.229. The molecule has 0 aliphatic heterocycles. The van der Waals surface area contributed by atoms with E-state index in [1.54, 1.807) is 0 Å². The van der Waals surface area contributed by atoms with Gasteiger partial charge in [0.1, 0.15) is 0 Å². The first kappa shape index (κ1) is 14.2. The van der Waals surface area contributed by atoms with Gasteiger partial charge in [-0.1, -0.05) is 25.5 Å². The Balaban J connectivity index is 2.18. The number of amides is 1. The van der Waals surface area contributed by atoms with Crippen LogP contribution in [0.25, 0.3) is 0 Å². The average molecular weight is 339 g/mol. The van der Waals surface area contributed by atoms with E-state index in [0.717, 1.165) is 15.7 Å². The third-order valence-electron chi connectivity index (χ3n) is 2.70. The van der Waals surface area contributed by atoms with E-state index in [4.69, 9.17) is 0 Å². The number of hydrogen-bond donors (Lipinski definition) is 1. The highest BCUT2D eigenvalue weighted by atomic mass is 79.9. The Labute approximate surface area is 125 Å². The topological polar surface area (TPSA) is 42.0 Å². The first-order valence-corrected chi connectivity index (χ1v) is 7.67. The summed E-state index contributed by atoms with van der Waals surface area (Å²) < 4.78 is 0.788. The van der Waals surface area contributed by atoms with Crippen LogP contribution in [-0.4, -0.2) is 10.9 Å². The van der Waals surface area contributed by atoms with E-state index in [0.29, 0.717) is 16.6 Å². The molecule has 5 heteroatoms. The third kappa shape index (κ3) is 3.42. The number of nitrogens with one attached hydrogen (secondary N) is 1. The summed E-state index contributed by atoms with van der Waals surface area (Å²) in [6.07, 6.45) is 0. The second-order valence-corrected chi connectivity index (χ2v) is 6.38. The van der Waals surface area contributed by atoms with E-state index >= 15 is 0 Å². The van der Waals surface area contributed by atoms with E-state index in [1.165, 1.54) is 11.3 Å². The van der Waals surface area contributed by atoms with Gasteiger partial charge in [-0.15, -0.1) is 11.3 Å². The van der Waals surface area contributed by atoms with E-state index < -0.39 is 0 Å². The first-order chi connectivity index (χ1) is 8.97. The number of carbonyl (C=O) groups is 1. The molecule has 0 spiro atoms. The molecule has 1 aromatic heterocycles. The molecule has 1 amide bonds. The summed E-state index contributed by atoms with van der Waals surface area (Å²) in [5.41, 5.74) is 2.68. The Kier molecular flexibility index (Phi) is 4.37. The van der Waals surface area contributed by atoms with E-state index in [2.05, 4.69) is 40.1 Å². The minimum Gasteiger partial charge on any atom is -0.298 e. The first-order valence-electron chi connectivity index (χ1n) is 6.00. The normalized spacial score (nSPS) is 10.8. The number of benzene rings is 1. The van der Waals surface area contributed by atoms with Gasteiger partial charge in [-0.25, -0.2) is 4.98 Å². The van der Waals surface area contributed by atoms with Gasteiger partial charge in [0, 0.05) is 9.85 Å². The lowest BCUT2D eigenvalue weighted by molar-refractivity contribution is 0.102. The largest absolute Gasteiger partial charge is 0.298 e. The maximum Gasteiger partial charge on any atom is 0.258 e. The summed E-state index contributed by atoms with van der Waals surface area (Å²) in [6, 6.07) is 5.70. The van der Waals surface area contributed by atoms with Crippen molar-refractivity contribution in [2.75, 3.05) is 5.32 Å². The van der Waals surface area contributed by atoms with Crippen LogP contribution >= 0.6 is 27.3 Å². The Morgan fingerprint density at radius 3 is 2.79 bits per heavy atom. The molecule has 0 radical (unpaired) electrons. The number of rotatable bonds is 3. The van der Waals surface area contributed by atoms with Crippen molar-refractivity contribution in [2.24, 2.45) is 0 Å². The lowest BCUT2D eigenvalue weighted by atomic mass is 10.1. The molecule has 1 heterocycles. The Bertz CT molecular complexity index is 607. The summed E-state index contributed by atoms with van der Waals surface area (Å²) in [7, 11) is 0. The fraction of sp³-hybridized carbons (Fsp3) is 0.286. The summed E-state index contributed by atoms with van der Waals surface area (Å²) >= 11 is 4.85. The maximum atomic E-state index is 12.2. The summed E-state index contributed by atoms with van der Waals surface area (Å²) in [4.78, 5) is 16.6. The van der Waals surface area contributed by atoms with Crippen molar-refractivity contribution < 1.29 is 4.79 Å². The fourth-order valence-electron chi connectivity index (χ4n) is 1.59. The molecule has 0 atom stereocenters. The van der Waals surface area contributed by atoms with E-state index in [1.807, 2.05) is 30.5 Å². The van der Waals surface area contributed by atoms with Crippen molar-refractivity contribution in [2.45, 2.75) is 26.7 Å². The number of halogens is 1. The zero-order valence-electron chi connectivity index (χ0n) is 11.0. The number of aromatic nitrogens is 1. The van der Waals surface area contributed by atoms with Crippen molar-refractivity contribution in [3.05, 3.63) is 44.9 Å². The number of hydrogen-bond acceptors (Lipinski definition) is 3. The van der Waals surface area contributed by atoms with Gasteiger partial charge in [-0.2, -0.15) is 0 Å². The molecule has 2 aromatic rings. The van der Waals surface area contributed by atoms with Gasteiger partial charge >= 0.3 is 0 Å². The predicted molar refractivity (Wildman–Crippen MR) is 83.0 cm³/mol. The summed E-state index contributed by atoms with van der Waals surface area (Å²) in [5, 5.41) is 5.46. The van der Waals surface area contributed by atoms with Crippen molar-refractivity contribution in [1.82, 2.24) is 4.98 Å². The lowest BCUT2D eigenvalue weighted by Gasteiger charge is -2.05. The quantitative estimate of drug-likeness (QED) is 0.889. The smallest absolute Gasteiger partial charge is 0.258 e. The Hall–Kier alpha value is -1.20.